The molecule has 19 heavy (non-hydrogen) atoms. The summed E-state index contributed by atoms with van der Waals surface area (Å²) in [6.07, 6.45) is 3.83. The van der Waals surface area contributed by atoms with E-state index in [1.54, 1.807) is 11.3 Å². The number of rotatable bonds is 3. The molecule has 2 N–H and O–H groups in total. The lowest BCUT2D eigenvalue weighted by Gasteiger charge is -2.06. The summed E-state index contributed by atoms with van der Waals surface area (Å²) in [5, 5.41) is 6.48. The van der Waals surface area contributed by atoms with Crippen molar-refractivity contribution in [1.82, 2.24) is 9.78 Å². The molecule has 0 radical (unpaired) electrons. The van der Waals surface area contributed by atoms with Crippen LogP contribution in [0.5, 0.6) is 0 Å². The van der Waals surface area contributed by atoms with Crippen molar-refractivity contribution in [3.05, 3.63) is 68.2 Å². The molecule has 2 heterocycles. The second-order valence-electron chi connectivity index (χ2n) is 4.22. The Hall–Kier alpha value is -1.18. The van der Waals surface area contributed by atoms with Crippen molar-refractivity contribution in [2.75, 3.05) is 0 Å². The summed E-state index contributed by atoms with van der Waals surface area (Å²) < 4.78 is 3.10. The fourth-order valence-corrected chi connectivity index (χ4v) is 3.31. The first-order valence-corrected chi connectivity index (χ1v) is 7.79. The summed E-state index contributed by atoms with van der Waals surface area (Å²) in [6, 6.07) is 12.0. The average molecular weight is 381 g/mol. The molecule has 96 valence electrons. The molecule has 0 saturated carbocycles. The van der Waals surface area contributed by atoms with E-state index in [2.05, 4.69) is 39.1 Å². The lowest BCUT2D eigenvalue weighted by Crippen LogP contribution is -2.09. The zero-order valence-electron chi connectivity index (χ0n) is 10.0. The minimum atomic E-state index is -0.114. The Kier molecular flexibility index (Phi) is 3.67. The van der Waals surface area contributed by atoms with E-state index in [0.717, 1.165) is 16.8 Å². The first kappa shape index (κ1) is 12.8. The molecule has 0 aliphatic heterocycles. The number of nitrogens with two attached hydrogens (primary N) is 1. The van der Waals surface area contributed by atoms with Gasteiger partial charge in [0.15, 0.2) is 0 Å². The van der Waals surface area contributed by atoms with Gasteiger partial charge in [0.1, 0.15) is 0 Å². The van der Waals surface area contributed by atoms with E-state index in [4.69, 9.17) is 5.73 Å². The standard InChI is InChI=1S/C14H12IN3S/c15-13-6-10(9-19-13)14(16)11-7-17-18(8-11)12-4-2-1-3-5-12/h1-9,14H,16H2. The summed E-state index contributed by atoms with van der Waals surface area (Å²) in [7, 11) is 0. The first-order chi connectivity index (χ1) is 9.24. The number of aromatic nitrogens is 2. The number of nitrogens with zero attached hydrogens (tertiary/aromatic N) is 2. The van der Waals surface area contributed by atoms with Crippen LogP contribution in [0.1, 0.15) is 17.2 Å². The van der Waals surface area contributed by atoms with Crippen LogP contribution in [-0.2, 0) is 0 Å². The van der Waals surface area contributed by atoms with Crippen LogP contribution in [-0.4, -0.2) is 9.78 Å². The second kappa shape index (κ2) is 5.44. The Balaban J connectivity index is 1.89. The molecular weight excluding hydrogens is 369 g/mol. The van der Waals surface area contributed by atoms with Crippen LogP contribution in [0.3, 0.4) is 0 Å². The van der Waals surface area contributed by atoms with Crippen molar-refractivity contribution in [3.8, 4) is 5.69 Å². The molecule has 0 bridgehead atoms. The Morgan fingerprint density at radius 1 is 1.21 bits per heavy atom. The highest BCUT2D eigenvalue weighted by molar-refractivity contribution is 14.1. The van der Waals surface area contributed by atoms with Gasteiger partial charge in [0.05, 0.1) is 20.8 Å². The molecule has 0 fully saturated rings. The van der Waals surface area contributed by atoms with Crippen molar-refractivity contribution in [2.45, 2.75) is 6.04 Å². The van der Waals surface area contributed by atoms with Crippen molar-refractivity contribution in [1.29, 1.82) is 0 Å². The topological polar surface area (TPSA) is 43.8 Å². The van der Waals surface area contributed by atoms with E-state index in [0.29, 0.717) is 0 Å². The predicted octanol–water partition coefficient (Wildman–Crippen LogP) is 3.59. The fraction of sp³-hybridized carbons (Fsp3) is 0.0714. The summed E-state index contributed by atoms with van der Waals surface area (Å²) in [6.45, 7) is 0. The van der Waals surface area contributed by atoms with Crippen molar-refractivity contribution >= 4 is 33.9 Å². The van der Waals surface area contributed by atoms with Crippen LogP contribution >= 0.6 is 33.9 Å². The van der Waals surface area contributed by atoms with E-state index in [-0.39, 0.29) is 6.04 Å². The van der Waals surface area contributed by atoms with Crippen molar-refractivity contribution in [3.63, 3.8) is 0 Å². The van der Waals surface area contributed by atoms with Crippen molar-refractivity contribution in [2.24, 2.45) is 5.73 Å². The Morgan fingerprint density at radius 3 is 2.68 bits per heavy atom. The number of thiophene rings is 1. The van der Waals surface area contributed by atoms with Crippen LogP contribution in [0.4, 0.5) is 0 Å². The van der Waals surface area contributed by atoms with E-state index < -0.39 is 0 Å². The van der Waals surface area contributed by atoms with Crippen LogP contribution < -0.4 is 5.73 Å². The molecule has 1 unspecified atom stereocenters. The van der Waals surface area contributed by atoms with Crippen LogP contribution in [0.2, 0.25) is 0 Å². The fourth-order valence-electron chi connectivity index (χ4n) is 1.90. The second-order valence-corrected chi connectivity index (χ2v) is 7.02. The summed E-state index contributed by atoms with van der Waals surface area (Å²) in [4.78, 5) is 0. The van der Waals surface area contributed by atoms with Gasteiger partial charge in [-0.1, -0.05) is 18.2 Å². The molecule has 1 aromatic carbocycles. The largest absolute Gasteiger partial charge is 0.320 e. The van der Waals surface area contributed by atoms with Crippen molar-refractivity contribution < 1.29 is 0 Å². The molecule has 0 amide bonds. The molecule has 0 aliphatic carbocycles. The third kappa shape index (κ3) is 2.72. The maximum atomic E-state index is 6.27. The Morgan fingerprint density at radius 2 is 2.00 bits per heavy atom. The van der Waals surface area contributed by atoms with Crippen LogP contribution in [0.15, 0.2) is 54.2 Å². The third-order valence-electron chi connectivity index (χ3n) is 2.93. The molecule has 0 saturated heterocycles. The van der Waals surface area contributed by atoms with Gasteiger partial charge in [-0.05, 0) is 51.7 Å². The summed E-state index contributed by atoms with van der Waals surface area (Å²) >= 11 is 4.02. The maximum Gasteiger partial charge on any atom is 0.0656 e. The smallest absolute Gasteiger partial charge is 0.0656 e. The van der Waals surface area contributed by atoms with Crippen LogP contribution in [0, 0.1) is 2.88 Å². The average Bonchev–Trinajstić information content (AvgIpc) is 3.08. The highest BCUT2D eigenvalue weighted by Gasteiger charge is 2.13. The maximum absolute atomic E-state index is 6.27. The predicted molar refractivity (Wildman–Crippen MR) is 86.6 cm³/mol. The van der Waals surface area contributed by atoms with Gasteiger partial charge in [-0.25, -0.2) is 4.68 Å². The van der Waals surface area contributed by atoms with Gasteiger partial charge in [-0.15, -0.1) is 11.3 Å². The molecule has 0 spiro atoms. The monoisotopic (exact) mass is 381 g/mol. The highest BCUT2D eigenvalue weighted by Crippen LogP contribution is 2.25. The lowest BCUT2D eigenvalue weighted by atomic mass is 10.1. The zero-order valence-corrected chi connectivity index (χ0v) is 13.0. The lowest BCUT2D eigenvalue weighted by molar-refractivity contribution is 0.864. The highest BCUT2D eigenvalue weighted by atomic mass is 127. The van der Waals surface area contributed by atoms with Gasteiger partial charge in [-0.2, -0.15) is 5.10 Å². The number of hydrogen-bond donors (Lipinski definition) is 1. The number of halogens is 1. The van der Waals surface area contributed by atoms with Gasteiger partial charge in [0, 0.05) is 11.8 Å². The third-order valence-corrected chi connectivity index (χ3v) is 4.74. The molecule has 0 aliphatic rings. The summed E-state index contributed by atoms with van der Waals surface area (Å²) in [5.41, 5.74) is 9.48. The van der Waals surface area contributed by atoms with E-state index in [9.17, 15) is 0 Å². The van der Waals surface area contributed by atoms with Gasteiger partial charge >= 0.3 is 0 Å². The normalized spacial score (nSPS) is 12.5. The van der Waals surface area contributed by atoms with E-state index in [1.165, 1.54) is 2.88 Å². The molecule has 3 rings (SSSR count). The molecule has 1 atom stereocenters. The number of para-hydroxylation sites is 1. The minimum absolute atomic E-state index is 0.114. The van der Waals surface area contributed by atoms with Gasteiger partial charge in [-0.3, -0.25) is 0 Å². The quantitative estimate of drug-likeness (QED) is 0.705. The van der Waals surface area contributed by atoms with Gasteiger partial charge in [0.2, 0.25) is 0 Å². The Bertz CT molecular complexity index is 675. The molecular formula is C14H12IN3S. The first-order valence-electron chi connectivity index (χ1n) is 5.83. The Labute approximate surface area is 129 Å². The summed E-state index contributed by atoms with van der Waals surface area (Å²) in [5.74, 6) is 0. The van der Waals surface area contributed by atoms with E-state index in [1.807, 2.05) is 47.4 Å². The molecule has 2 aromatic heterocycles. The molecule has 3 nitrogen and oxygen atoms in total. The molecule has 3 aromatic rings. The number of benzene rings is 1. The SMILES string of the molecule is NC(c1csc(I)c1)c1cnn(-c2ccccc2)c1. The number of hydrogen-bond acceptors (Lipinski definition) is 3. The van der Waals surface area contributed by atoms with E-state index >= 15 is 0 Å². The minimum Gasteiger partial charge on any atom is -0.320 e. The van der Waals surface area contributed by atoms with Crippen LogP contribution in [0.25, 0.3) is 5.69 Å². The molecule has 5 heteroatoms. The van der Waals surface area contributed by atoms with Gasteiger partial charge < -0.3 is 5.73 Å². The zero-order chi connectivity index (χ0) is 13.2. The van der Waals surface area contributed by atoms with Gasteiger partial charge in [0.25, 0.3) is 0 Å².